The third-order valence-electron chi connectivity index (χ3n) is 2.89. The molecule has 0 aromatic heterocycles. The van der Waals surface area contributed by atoms with Gasteiger partial charge in [0, 0.05) is 12.2 Å². The van der Waals surface area contributed by atoms with Gasteiger partial charge < -0.3 is 10.2 Å². The standard InChI is InChI=1S/C14H24N2/c1-4-16(5-2)11-7-10-15-14-9-6-8-13(3)12-14/h6,8-9,12,15H,4-5,7,10-11H2,1-3H3. The number of hydrogen-bond acceptors (Lipinski definition) is 2. The number of nitrogens with one attached hydrogen (secondary N) is 1. The minimum absolute atomic E-state index is 1.06. The van der Waals surface area contributed by atoms with Gasteiger partial charge in [0.25, 0.3) is 0 Å². The van der Waals surface area contributed by atoms with Crippen LogP contribution < -0.4 is 5.32 Å². The lowest BCUT2D eigenvalue weighted by Gasteiger charge is -2.17. The Morgan fingerprint density at radius 2 is 1.94 bits per heavy atom. The van der Waals surface area contributed by atoms with Crippen molar-refractivity contribution in [2.24, 2.45) is 0 Å². The third kappa shape index (κ3) is 4.67. The summed E-state index contributed by atoms with van der Waals surface area (Å²) in [6.45, 7) is 11.1. The molecule has 1 rings (SSSR count). The van der Waals surface area contributed by atoms with E-state index >= 15 is 0 Å². The number of rotatable bonds is 7. The predicted molar refractivity (Wildman–Crippen MR) is 72.1 cm³/mol. The van der Waals surface area contributed by atoms with Crippen molar-refractivity contribution in [2.75, 3.05) is 31.5 Å². The van der Waals surface area contributed by atoms with Gasteiger partial charge in [-0.1, -0.05) is 26.0 Å². The Balaban J connectivity index is 2.20. The summed E-state index contributed by atoms with van der Waals surface area (Å²) in [5.74, 6) is 0. The van der Waals surface area contributed by atoms with Crippen LogP contribution >= 0.6 is 0 Å². The first-order valence-corrected chi connectivity index (χ1v) is 6.29. The largest absolute Gasteiger partial charge is 0.385 e. The topological polar surface area (TPSA) is 15.3 Å². The van der Waals surface area contributed by atoms with Gasteiger partial charge in [0.1, 0.15) is 0 Å². The normalized spacial score (nSPS) is 10.8. The fraction of sp³-hybridized carbons (Fsp3) is 0.571. The summed E-state index contributed by atoms with van der Waals surface area (Å²) in [6, 6.07) is 8.55. The Kier molecular flexibility index (Phi) is 5.94. The van der Waals surface area contributed by atoms with Gasteiger partial charge in [0.15, 0.2) is 0 Å². The molecule has 0 saturated heterocycles. The van der Waals surface area contributed by atoms with Crippen LogP contribution in [0.2, 0.25) is 0 Å². The van der Waals surface area contributed by atoms with E-state index in [1.54, 1.807) is 0 Å². The van der Waals surface area contributed by atoms with Gasteiger partial charge in [-0.25, -0.2) is 0 Å². The van der Waals surface area contributed by atoms with Crippen LogP contribution in [0, 0.1) is 6.92 Å². The summed E-state index contributed by atoms with van der Waals surface area (Å²) < 4.78 is 0. The van der Waals surface area contributed by atoms with Crippen molar-refractivity contribution in [3.05, 3.63) is 29.8 Å². The molecule has 2 nitrogen and oxygen atoms in total. The maximum absolute atomic E-state index is 3.46. The number of anilines is 1. The average Bonchev–Trinajstić information content (AvgIpc) is 2.29. The molecule has 1 aromatic rings. The summed E-state index contributed by atoms with van der Waals surface area (Å²) >= 11 is 0. The molecule has 0 heterocycles. The van der Waals surface area contributed by atoms with Crippen LogP contribution in [0.1, 0.15) is 25.8 Å². The van der Waals surface area contributed by atoms with Crippen LogP contribution in [0.4, 0.5) is 5.69 Å². The molecule has 0 bridgehead atoms. The van der Waals surface area contributed by atoms with Crippen LogP contribution in [0.5, 0.6) is 0 Å². The van der Waals surface area contributed by atoms with Crippen molar-refractivity contribution < 1.29 is 0 Å². The zero-order chi connectivity index (χ0) is 11.8. The van der Waals surface area contributed by atoms with Gasteiger partial charge in [-0.3, -0.25) is 0 Å². The number of aryl methyl sites for hydroxylation is 1. The van der Waals surface area contributed by atoms with Gasteiger partial charge in [0.2, 0.25) is 0 Å². The highest BCUT2D eigenvalue weighted by atomic mass is 15.1. The quantitative estimate of drug-likeness (QED) is 0.710. The molecule has 0 saturated carbocycles. The molecule has 2 heteroatoms. The molecule has 0 radical (unpaired) electrons. The van der Waals surface area contributed by atoms with Gasteiger partial charge in [-0.15, -0.1) is 0 Å². The number of nitrogens with zero attached hydrogens (tertiary/aromatic N) is 1. The summed E-state index contributed by atoms with van der Waals surface area (Å²) in [7, 11) is 0. The first-order valence-electron chi connectivity index (χ1n) is 6.29. The van der Waals surface area contributed by atoms with Gasteiger partial charge in [0.05, 0.1) is 0 Å². The van der Waals surface area contributed by atoms with Crippen molar-refractivity contribution >= 4 is 5.69 Å². The van der Waals surface area contributed by atoms with Crippen molar-refractivity contribution in [1.82, 2.24) is 4.90 Å². The molecule has 16 heavy (non-hydrogen) atoms. The zero-order valence-electron chi connectivity index (χ0n) is 10.8. The smallest absolute Gasteiger partial charge is 0.0342 e. The molecule has 0 amide bonds. The monoisotopic (exact) mass is 220 g/mol. The van der Waals surface area contributed by atoms with Crippen molar-refractivity contribution in [3.8, 4) is 0 Å². The molecule has 1 aromatic carbocycles. The van der Waals surface area contributed by atoms with E-state index in [1.165, 1.54) is 24.2 Å². The fourth-order valence-electron chi connectivity index (χ4n) is 1.83. The molecule has 1 N–H and O–H groups in total. The lowest BCUT2D eigenvalue weighted by molar-refractivity contribution is 0.303. The average molecular weight is 220 g/mol. The fourth-order valence-corrected chi connectivity index (χ4v) is 1.83. The van der Waals surface area contributed by atoms with Crippen LogP contribution in [-0.2, 0) is 0 Å². The predicted octanol–water partition coefficient (Wildman–Crippen LogP) is 3.14. The van der Waals surface area contributed by atoms with E-state index in [-0.39, 0.29) is 0 Å². The van der Waals surface area contributed by atoms with Gasteiger partial charge >= 0.3 is 0 Å². The maximum atomic E-state index is 3.46. The van der Waals surface area contributed by atoms with Gasteiger partial charge in [-0.2, -0.15) is 0 Å². The van der Waals surface area contributed by atoms with E-state index in [1.807, 2.05) is 0 Å². The molecular formula is C14H24N2. The second-order valence-electron chi connectivity index (χ2n) is 4.18. The summed E-state index contributed by atoms with van der Waals surface area (Å²) in [5, 5.41) is 3.46. The Labute approximate surface area is 99.7 Å². The number of hydrogen-bond donors (Lipinski definition) is 1. The lowest BCUT2D eigenvalue weighted by atomic mass is 10.2. The number of benzene rings is 1. The van der Waals surface area contributed by atoms with E-state index in [0.717, 1.165) is 19.6 Å². The molecule has 0 spiro atoms. The van der Waals surface area contributed by atoms with E-state index in [4.69, 9.17) is 0 Å². The first-order chi connectivity index (χ1) is 7.76. The Morgan fingerprint density at radius 3 is 2.56 bits per heavy atom. The van der Waals surface area contributed by atoms with Gasteiger partial charge in [-0.05, 0) is 50.7 Å². The van der Waals surface area contributed by atoms with Crippen molar-refractivity contribution in [1.29, 1.82) is 0 Å². The molecule has 0 unspecified atom stereocenters. The second-order valence-corrected chi connectivity index (χ2v) is 4.18. The van der Waals surface area contributed by atoms with E-state index in [9.17, 15) is 0 Å². The Bertz CT molecular complexity index is 293. The SMILES string of the molecule is CCN(CC)CCCNc1cccc(C)c1. The highest BCUT2D eigenvalue weighted by Crippen LogP contribution is 2.09. The summed E-state index contributed by atoms with van der Waals surface area (Å²) in [4.78, 5) is 2.46. The van der Waals surface area contributed by atoms with E-state index in [0.29, 0.717) is 0 Å². The Hall–Kier alpha value is -1.02. The lowest BCUT2D eigenvalue weighted by Crippen LogP contribution is -2.25. The maximum Gasteiger partial charge on any atom is 0.0342 e. The molecule has 0 fully saturated rings. The second kappa shape index (κ2) is 7.29. The van der Waals surface area contributed by atoms with Crippen LogP contribution in [-0.4, -0.2) is 31.1 Å². The van der Waals surface area contributed by atoms with Crippen LogP contribution in [0.15, 0.2) is 24.3 Å². The highest BCUT2D eigenvalue weighted by molar-refractivity contribution is 5.45. The van der Waals surface area contributed by atoms with E-state index < -0.39 is 0 Å². The first kappa shape index (κ1) is 13.0. The molecule has 90 valence electrons. The molecule has 0 aliphatic heterocycles. The zero-order valence-corrected chi connectivity index (χ0v) is 10.8. The van der Waals surface area contributed by atoms with E-state index in [2.05, 4.69) is 55.3 Å². The summed E-state index contributed by atoms with van der Waals surface area (Å²) in [5.41, 5.74) is 2.55. The molecule has 0 aliphatic carbocycles. The summed E-state index contributed by atoms with van der Waals surface area (Å²) in [6.07, 6.45) is 1.20. The van der Waals surface area contributed by atoms with Crippen LogP contribution in [0.25, 0.3) is 0 Å². The minimum Gasteiger partial charge on any atom is -0.385 e. The van der Waals surface area contributed by atoms with Crippen molar-refractivity contribution in [2.45, 2.75) is 27.2 Å². The molecular weight excluding hydrogens is 196 g/mol. The third-order valence-corrected chi connectivity index (χ3v) is 2.89. The van der Waals surface area contributed by atoms with Crippen molar-refractivity contribution in [3.63, 3.8) is 0 Å². The molecule has 0 aliphatic rings. The Morgan fingerprint density at radius 1 is 1.19 bits per heavy atom. The minimum atomic E-state index is 1.06. The molecule has 0 atom stereocenters. The van der Waals surface area contributed by atoms with Crippen LogP contribution in [0.3, 0.4) is 0 Å². The highest BCUT2D eigenvalue weighted by Gasteiger charge is 1.98.